The van der Waals surface area contributed by atoms with E-state index in [9.17, 15) is 18.8 Å². The number of pyridine rings is 1. The van der Waals surface area contributed by atoms with E-state index in [-0.39, 0.29) is 11.6 Å². The van der Waals surface area contributed by atoms with Gasteiger partial charge in [-0.15, -0.1) is 0 Å². The molecule has 2 aromatic carbocycles. The van der Waals surface area contributed by atoms with E-state index in [0.717, 1.165) is 36.6 Å². The zero-order chi connectivity index (χ0) is 28.0. The fourth-order valence-electron chi connectivity index (χ4n) is 5.55. The van der Waals surface area contributed by atoms with Crippen molar-refractivity contribution in [3.63, 3.8) is 0 Å². The molecule has 10 heteroatoms. The van der Waals surface area contributed by atoms with Crippen molar-refractivity contribution in [2.24, 2.45) is 11.1 Å². The van der Waals surface area contributed by atoms with E-state index in [1.165, 1.54) is 29.2 Å². The summed E-state index contributed by atoms with van der Waals surface area (Å²) in [5, 5.41) is 4.03. The molecule has 0 saturated heterocycles. The second-order valence-electron chi connectivity index (χ2n) is 10.6. The maximum absolute atomic E-state index is 13.6. The Labute approximate surface area is 229 Å². The molecule has 6 rings (SSSR count). The SMILES string of the molecule is Cc1cc(=O)n(C2CCCC2)c2nc(Nc3ccc(N(C(=O)C4(C(N)=O)CC4)c4ccc(F)cc4)cc3)ncc12. The van der Waals surface area contributed by atoms with Gasteiger partial charge in [-0.2, -0.15) is 4.98 Å². The number of nitrogens with one attached hydrogen (secondary N) is 1. The summed E-state index contributed by atoms with van der Waals surface area (Å²) in [5.74, 6) is -1.20. The summed E-state index contributed by atoms with van der Waals surface area (Å²) < 4.78 is 15.4. The molecule has 2 heterocycles. The Hall–Kier alpha value is -4.60. The van der Waals surface area contributed by atoms with Crippen molar-refractivity contribution in [3.8, 4) is 0 Å². The number of carbonyl (C=O) groups excluding carboxylic acids is 2. The van der Waals surface area contributed by atoms with E-state index in [0.29, 0.717) is 41.5 Å². The zero-order valence-electron chi connectivity index (χ0n) is 22.1. The minimum absolute atomic E-state index is 0.0548. The summed E-state index contributed by atoms with van der Waals surface area (Å²) in [6.45, 7) is 1.88. The number of nitrogens with two attached hydrogens (primary N) is 1. The Kier molecular flexibility index (Phi) is 6.32. The van der Waals surface area contributed by atoms with Gasteiger partial charge < -0.3 is 11.1 Å². The molecule has 4 aromatic rings. The Balaban J connectivity index is 1.32. The maximum atomic E-state index is 13.6. The van der Waals surface area contributed by atoms with Gasteiger partial charge in [0.05, 0.1) is 0 Å². The first-order chi connectivity index (χ1) is 19.3. The molecule has 40 heavy (non-hydrogen) atoms. The summed E-state index contributed by atoms with van der Waals surface area (Å²) in [7, 11) is 0. The van der Waals surface area contributed by atoms with E-state index in [1.54, 1.807) is 41.1 Å². The lowest BCUT2D eigenvalue weighted by Gasteiger charge is -2.26. The summed E-state index contributed by atoms with van der Waals surface area (Å²) in [6, 6.07) is 14.3. The number of nitrogens with zero attached hydrogens (tertiary/aromatic N) is 4. The number of primary amides is 1. The second kappa shape index (κ2) is 9.86. The van der Waals surface area contributed by atoms with Crippen molar-refractivity contribution in [2.75, 3.05) is 10.2 Å². The number of hydrogen-bond donors (Lipinski definition) is 2. The van der Waals surface area contributed by atoms with Gasteiger partial charge in [0.1, 0.15) is 16.9 Å². The van der Waals surface area contributed by atoms with Crippen molar-refractivity contribution in [2.45, 2.75) is 51.5 Å². The van der Waals surface area contributed by atoms with Gasteiger partial charge in [-0.3, -0.25) is 23.9 Å². The Morgan fingerprint density at radius 3 is 2.27 bits per heavy atom. The minimum atomic E-state index is -1.25. The van der Waals surface area contributed by atoms with Crippen LogP contribution >= 0.6 is 0 Å². The van der Waals surface area contributed by atoms with Crippen LogP contribution in [0.4, 0.5) is 27.4 Å². The van der Waals surface area contributed by atoms with Crippen molar-refractivity contribution in [3.05, 3.63) is 82.5 Å². The second-order valence-corrected chi connectivity index (χ2v) is 10.6. The maximum Gasteiger partial charge on any atom is 0.252 e. The highest BCUT2D eigenvalue weighted by atomic mass is 19.1. The number of rotatable bonds is 7. The number of hydrogen-bond acceptors (Lipinski definition) is 6. The van der Waals surface area contributed by atoms with E-state index in [4.69, 9.17) is 10.7 Å². The van der Waals surface area contributed by atoms with Crippen molar-refractivity contribution in [1.82, 2.24) is 14.5 Å². The number of amides is 2. The largest absolute Gasteiger partial charge is 0.369 e. The molecular weight excluding hydrogens is 511 g/mol. The highest BCUT2D eigenvalue weighted by Gasteiger charge is 2.57. The van der Waals surface area contributed by atoms with Crippen LogP contribution in [0.2, 0.25) is 0 Å². The van der Waals surface area contributed by atoms with Crippen molar-refractivity contribution >= 4 is 45.9 Å². The molecule has 0 bridgehead atoms. The molecule has 0 atom stereocenters. The lowest BCUT2D eigenvalue weighted by molar-refractivity contribution is -0.133. The van der Waals surface area contributed by atoms with E-state index in [2.05, 4.69) is 10.3 Å². The number of halogens is 1. The van der Waals surface area contributed by atoms with Crippen LogP contribution in [0.15, 0.2) is 65.6 Å². The number of aryl methyl sites for hydroxylation is 1. The quantitative estimate of drug-likeness (QED) is 0.317. The van der Waals surface area contributed by atoms with E-state index >= 15 is 0 Å². The minimum Gasteiger partial charge on any atom is -0.369 e. The van der Waals surface area contributed by atoms with Crippen LogP contribution in [0.5, 0.6) is 0 Å². The van der Waals surface area contributed by atoms with Gasteiger partial charge in [-0.1, -0.05) is 12.8 Å². The first-order valence-corrected chi connectivity index (χ1v) is 13.4. The molecule has 3 N–H and O–H groups in total. The summed E-state index contributed by atoms with van der Waals surface area (Å²) in [4.78, 5) is 49.2. The summed E-state index contributed by atoms with van der Waals surface area (Å²) in [6.07, 6.45) is 6.57. The molecule has 204 valence electrons. The van der Waals surface area contributed by atoms with Crippen LogP contribution in [0, 0.1) is 18.2 Å². The third-order valence-electron chi connectivity index (χ3n) is 7.99. The molecule has 2 fully saturated rings. The number of aromatic nitrogens is 3. The fourth-order valence-corrected chi connectivity index (χ4v) is 5.55. The number of carbonyl (C=O) groups is 2. The normalized spacial score (nSPS) is 16.1. The van der Waals surface area contributed by atoms with Gasteiger partial charge in [0.25, 0.3) is 5.56 Å². The molecule has 2 aliphatic carbocycles. The lowest BCUT2D eigenvalue weighted by Crippen LogP contribution is -2.41. The van der Waals surface area contributed by atoms with Crippen molar-refractivity contribution < 1.29 is 14.0 Å². The predicted octanol–water partition coefficient (Wildman–Crippen LogP) is 5.03. The molecule has 0 spiro atoms. The molecule has 0 unspecified atom stereocenters. The van der Waals surface area contributed by atoms with Crippen LogP contribution in [-0.4, -0.2) is 26.3 Å². The van der Waals surface area contributed by atoms with Crippen LogP contribution in [0.3, 0.4) is 0 Å². The highest BCUT2D eigenvalue weighted by Crippen LogP contribution is 2.49. The third-order valence-corrected chi connectivity index (χ3v) is 7.99. The molecule has 2 aromatic heterocycles. The van der Waals surface area contributed by atoms with Crippen molar-refractivity contribution in [1.29, 1.82) is 0 Å². The van der Waals surface area contributed by atoms with Crippen LogP contribution in [0.1, 0.15) is 50.1 Å². The predicted molar refractivity (Wildman–Crippen MR) is 150 cm³/mol. The number of benzene rings is 2. The molecule has 2 saturated carbocycles. The lowest BCUT2D eigenvalue weighted by atomic mass is 10.0. The topological polar surface area (TPSA) is 123 Å². The monoisotopic (exact) mass is 540 g/mol. The first kappa shape index (κ1) is 25.7. The highest BCUT2D eigenvalue weighted by molar-refractivity contribution is 6.16. The standard InChI is InChI=1S/C30H29FN6O3/c1-18-16-25(38)37(21-4-2-3-5-21)26-24(18)17-33-29(35-26)34-20-8-12-23(13-9-20)36(22-10-6-19(31)7-11-22)28(40)30(14-15-30)27(32)39/h6-13,16-17,21H,2-5,14-15H2,1H3,(H2,32,39)(H,33,34,35). The fraction of sp³-hybridized carbons (Fsp3) is 0.300. The Morgan fingerprint density at radius 1 is 1.05 bits per heavy atom. The number of anilines is 4. The molecular formula is C30H29FN6O3. The first-order valence-electron chi connectivity index (χ1n) is 13.4. The van der Waals surface area contributed by atoms with Crippen LogP contribution < -0.4 is 21.5 Å². The van der Waals surface area contributed by atoms with Gasteiger partial charge in [-0.25, -0.2) is 9.37 Å². The van der Waals surface area contributed by atoms with Gasteiger partial charge in [-0.05, 0) is 86.7 Å². The summed E-state index contributed by atoms with van der Waals surface area (Å²) >= 11 is 0. The Bertz CT molecular complexity index is 1670. The molecule has 0 radical (unpaired) electrons. The molecule has 9 nitrogen and oxygen atoms in total. The van der Waals surface area contributed by atoms with Gasteiger partial charge in [0, 0.05) is 40.8 Å². The molecule has 0 aliphatic heterocycles. The number of fused-ring (bicyclic) bond motifs is 1. The Morgan fingerprint density at radius 2 is 1.68 bits per heavy atom. The smallest absolute Gasteiger partial charge is 0.252 e. The summed E-state index contributed by atoms with van der Waals surface area (Å²) in [5.41, 5.74) is 7.30. The van der Waals surface area contributed by atoms with Gasteiger partial charge in [0.15, 0.2) is 0 Å². The van der Waals surface area contributed by atoms with E-state index < -0.39 is 23.0 Å². The van der Waals surface area contributed by atoms with Crippen LogP contribution in [-0.2, 0) is 9.59 Å². The van der Waals surface area contributed by atoms with E-state index in [1.807, 2.05) is 6.92 Å². The molecule has 2 amide bonds. The average Bonchev–Trinajstić information content (AvgIpc) is 3.59. The zero-order valence-corrected chi connectivity index (χ0v) is 22.1. The average molecular weight is 541 g/mol. The van der Waals surface area contributed by atoms with Gasteiger partial charge in [0.2, 0.25) is 17.8 Å². The van der Waals surface area contributed by atoms with Crippen LogP contribution in [0.25, 0.3) is 11.0 Å². The molecule has 2 aliphatic rings. The third kappa shape index (κ3) is 4.49. The van der Waals surface area contributed by atoms with Gasteiger partial charge >= 0.3 is 0 Å².